The van der Waals surface area contributed by atoms with Gasteiger partial charge in [0.25, 0.3) is 0 Å². The lowest BCUT2D eigenvalue weighted by Gasteiger charge is -2.11. The lowest BCUT2D eigenvalue weighted by molar-refractivity contribution is -0.148. The van der Waals surface area contributed by atoms with Crippen molar-refractivity contribution in [1.82, 2.24) is 0 Å². The largest absolute Gasteiger partial charge is 0.463 e. The minimum absolute atomic E-state index is 0.0206. The Labute approximate surface area is 86.6 Å². The first kappa shape index (κ1) is 12.9. The summed E-state index contributed by atoms with van der Waals surface area (Å²) in [6.45, 7) is 9.12. The van der Waals surface area contributed by atoms with Gasteiger partial charge in [-0.2, -0.15) is 0 Å². The fourth-order valence-corrected chi connectivity index (χ4v) is 1.11. The van der Waals surface area contributed by atoms with E-state index in [0.717, 1.165) is 19.3 Å². The van der Waals surface area contributed by atoms with Gasteiger partial charge in [0.15, 0.2) is 0 Å². The van der Waals surface area contributed by atoms with Crippen molar-refractivity contribution in [1.29, 1.82) is 0 Å². The molecule has 0 unspecified atom stereocenters. The topological polar surface area (TPSA) is 26.3 Å². The number of carbonyl (C=O) groups is 1. The summed E-state index contributed by atoms with van der Waals surface area (Å²) < 4.78 is 5.18. The first-order chi connectivity index (χ1) is 6.70. The van der Waals surface area contributed by atoms with Crippen LogP contribution >= 0.6 is 0 Å². The van der Waals surface area contributed by atoms with Crippen molar-refractivity contribution >= 4 is 5.97 Å². The molecule has 0 heterocycles. The Balaban J connectivity index is 3.49. The van der Waals surface area contributed by atoms with E-state index >= 15 is 0 Å². The van der Waals surface area contributed by atoms with Gasteiger partial charge in [0.1, 0.15) is 0 Å². The molecule has 0 saturated carbocycles. The van der Waals surface area contributed by atoms with E-state index in [2.05, 4.69) is 13.2 Å². The highest BCUT2D eigenvalue weighted by Crippen LogP contribution is 2.06. The van der Waals surface area contributed by atoms with Crippen molar-refractivity contribution in [2.75, 3.05) is 0 Å². The number of esters is 1. The quantitative estimate of drug-likeness (QED) is 0.338. The fraction of sp³-hybridized carbons (Fsp3) is 0.583. The van der Waals surface area contributed by atoms with Crippen LogP contribution in [-0.2, 0) is 9.53 Å². The summed E-state index contributed by atoms with van der Waals surface area (Å²) in [7, 11) is 0. The molecular weight excluding hydrogens is 176 g/mol. The summed E-state index contributed by atoms with van der Waals surface area (Å²) in [5, 5.41) is 0. The molecule has 0 radical (unpaired) electrons. The zero-order valence-corrected chi connectivity index (χ0v) is 9.00. The molecule has 0 fully saturated rings. The van der Waals surface area contributed by atoms with Crippen LogP contribution in [0.1, 0.15) is 39.0 Å². The minimum Gasteiger partial charge on any atom is -0.463 e. The van der Waals surface area contributed by atoms with Gasteiger partial charge in [0.2, 0.25) is 0 Å². The number of carbonyl (C=O) groups excluding carboxylic acids is 1. The molecule has 0 aromatic carbocycles. The Kier molecular flexibility index (Phi) is 7.90. The first-order valence-corrected chi connectivity index (χ1v) is 5.12. The highest BCUT2D eigenvalue weighted by Gasteiger charge is 2.07. The van der Waals surface area contributed by atoms with E-state index in [1.54, 1.807) is 6.08 Å². The molecule has 0 aromatic rings. The molecule has 0 N–H and O–H groups in total. The molecule has 0 aliphatic rings. The van der Waals surface area contributed by atoms with E-state index in [0.29, 0.717) is 12.8 Å². The van der Waals surface area contributed by atoms with Gasteiger partial charge in [0, 0.05) is 6.42 Å². The number of unbranched alkanes of at least 4 members (excludes halogenated alkanes) is 1. The zero-order chi connectivity index (χ0) is 10.8. The average Bonchev–Trinajstić information content (AvgIpc) is 2.15. The predicted molar refractivity (Wildman–Crippen MR) is 59.0 cm³/mol. The van der Waals surface area contributed by atoms with Crippen molar-refractivity contribution in [2.24, 2.45) is 0 Å². The molecule has 2 nitrogen and oxygen atoms in total. The van der Waals surface area contributed by atoms with E-state index in [1.807, 2.05) is 13.0 Å². The van der Waals surface area contributed by atoms with Crippen LogP contribution in [0.3, 0.4) is 0 Å². The lowest BCUT2D eigenvalue weighted by Crippen LogP contribution is -2.14. The van der Waals surface area contributed by atoms with Gasteiger partial charge in [-0.15, -0.1) is 13.2 Å². The van der Waals surface area contributed by atoms with Crippen molar-refractivity contribution in [3.05, 3.63) is 25.3 Å². The number of hydrogen-bond acceptors (Lipinski definition) is 2. The molecule has 0 aromatic heterocycles. The average molecular weight is 196 g/mol. The van der Waals surface area contributed by atoms with E-state index < -0.39 is 0 Å². The van der Waals surface area contributed by atoms with Crippen molar-refractivity contribution in [2.45, 2.75) is 45.1 Å². The van der Waals surface area contributed by atoms with Crippen molar-refractivity contribution in [3.63, 3.8) is 0 Å². The third-order valence-electron chi connectivity index (χ3n) is 1.90. The number of allylic oxidation sites excluding steroid dienone is 2. The molecule has 2 heteroatoms. The molecule has 0 bridgehead atoms. The second-order valence-electron chi connectivity index (χ2n) is 3.35. The van der Waals surface area contributed by atoms with Crippen LogP contribution in [0.15, 0.2) is 25.3 Å². The summed E-state index contributed by atoms with van der Waals surface area (Å²) in [5.41, 5.74) is 0. The second-order valence-corrected chi connectivity index (χ2v) is 3.35. The number of ether oxygens (including phenoxy) is 1. The maximum atomic E-state index is 11.2. The Morgan fingerprint density at radius 1 is 1.36 bits per heavy atom. The standard InChI is InChI=1S/C12H20O2/c1-4-6-8-9-11(3)14-12(13)10-7-5-2/h4-5,11H,1-2,6-10H2,3H3/t11-/m0/s1. The monoisotopic (exact) mass is 196 g/mol. The van der Waals surface area contributed by atoms with E-state index in [4.69, 9.17) is 4.74 Å². The summed E-state index contributed by atoms with van der Waals surface area (Å²) in [5.74, 6) is -0.129. The Morgan fingerprint density at radius 2 is 2.00 bits per heavy atom. The van der Waals surface area contributed by atoms with Crippen LogP contribution in [-0.4, -0.2) is 12.1 Å². The van der Waals surface area contributed by atoms with Crippen LogP contribution in [0, 0.1) is 0 Å². The normalized spacial score (nSPS) is 11.8. The molecule has 0 saturated heterocycles. The molecule has 0 aliphatic carbocycles. The molecule has 14 heavy (non-hydrogen) atoms. The maximum absolute atomic E-state index is 11.2. The number of hydrogen-bond donors (Lipinski definition) is 0. The predicted octanol–water partition coefficient (Wildman–Crippen LogP) is 3.24. The minimum atomic E-state index is -0.129. The second kappa shape index (κ2) is 8.54. The summed E-state index contributed by atoms with van der Waals surface area (Å²) >= 11 is 0. The van der Waals surface area contributed by atoms with Gasteiger partial charge in [-0.05, 0) is 32.6 Å². The van der Waals surface area contributed by atoms with Gasteiger partial charge >= 0.3 is 5.97 Å². The fourth-order valence-electron chi connectivity index (χ4n) is 1.11. The van der Waals surface area contributed by atoms with Crippen molar-refractivity contribution < 1.29 is 9.53 Å². The molecule has 0 amide bonds. The summed E-state index contributed by atoms with van der Waals surface area (Å²) in [6.07, 6.45) is 7.68. The van der Waals surface area contributed by atoms with Gasteiger partial charge in [-0.1, -0.05) is 12.2 Å². The summed E-state index contributed by atoms with van der Waals surface area (Å²) in [4.78, 5) is 11.2. The number of rotatable bonds is 8. The molecule has 0 aliphatic heterocycles. The van der Waals surface area contributed by atoms with Crippen LogP contribution in [0.2, 0.25) is 0 Å². The van der Waals surface area contributed by atoms with Gasteiger partial charge in [-0.25, -0.2) is 0 Å². The van der Waals surface area contributed by atoms with Crippen LogP contribution in [0.5, 0.6) is 0 Å². The van der Waals surface area contributed by atoms with Gasteiger partial charge in [-0.3, -0.25) is 4.79 Å². The first-order valence-electron chi connectivity index (χ1n) is 5.12. The molecule has 0 spiro atoms. The SMILES string of the molecule is C=CCCC[C@H](C)OC(=O)CCC=C. The molecular formula is C12H20O2. The van der Waals surface area contributed by atoms with Gasteiger partial charge < -0.3 is 4.74 Å². The lowest BCUT2D eigenvalue weighted by atomic mass is 10.2. The smallest absolute Gasteiger partial charge is 0.306 e. The van der Waals surface area contributed by atoms with Crippen LogP contribution in [0.4, 0.5) is 0 Å². The van der Waals surface area contributed by atoms with Crippen molar-refractivity contribution in [3.8, 4) is 0 Å². The third-order valence-corrected chi connectivity index (χ3v) is 1.90. The van der Waals surface area contributed by atoms with E-state index in [1.165, 1.54) is 0 Å². The van der Waals surface area contributed by atoms with Crippen LogP contribution < -0.4 is 0 Å². The summed E-state index contributed by atoms with van der Waals surface area (Å²) in [6, 6.07) is 0. The Hall–Kier alpha value is -1.05. The van der Waals surface area contributed by atoms with Crippen LogP contribution in [0.25, 0.3) is 0 Å². The molecule has 0 rings (SSSR count). The van der Waals surface area contributed by atoms with Gasteiger partial charge in [0.05, 0.1) is 6.10 Å². The maximum Gasteiger partial charge on any atom is 0.306 e. The third kappa shape index (κ3) is 7.59. The van der Waals surface area contributed by atoms with E-state index in [9.17, 15) is 4.79 Å². The molecule has 80 valence electrons. The Bertz CT molecular complexity index is 185. The highest BCUT2D eigenvalue weighted by molar-refractivity contribution is 5.69. The van der Waals surface area contributed by atoms with E-state index in [-0.39, 0.29) is 12.1 Å². The zero-order valence-electron chi connectivity index (χ0n) is 9.00. The Morgan fingerprint density at radius 3 is 2.57 bits per heavy atom. The molecule has 1 atom stereocenters. The highest BCUT2D eigenvalue weighted by atomic mass is 16.5.